The molecule has 4 heterocycles. The van der Waals surface area contributed by atoms with Crippen LogP contribution in [0.2, 0.25) is 0 Å². The lowest BCUT2D eigenvalue weighted by atomic mass is 10.1. The average molecular weight is 321 g/mol. The highest BCUT2D eigenvalue weighted by atomic mass is 32.1. The van der Waals surface area contributed by atoms with Crippen LogP contribution in [0.4, 0.5) is 0 Å². The number of nitrogens with zero attached hydrogens (tertiary/aromatic N) is 4. The largest absolute Gasteiger partial charge is 0.330 e. The van der Waals surface area contributed by atoms with Crippen LogP contribution in [-0.4, -0.2) is 25.9 Å². The number of aromatic nitrogens is 4. The van der Waals surface area contributed by atoms with Crippen molar-refractivity contribution in [1.29, 1.82) is 0 Å². The van der Waals surface area contributed by atoms with E-state index in [-0.39, 0.29) is 0 Å². The van der Waals surface area contributed by atoms with Gasteiger partial charge >= 0.3 is 0 Å². The fourth-order valence-electron chi connectivity index (χ4n) is 2.71. The molecule has 0 bridgehead atoms. The van der Waals surface area contributed by atoms with Gasteiger partial charge in [-0.3, -0.25) is 14.4 Å². The maximum atomic E-state index is 5.85. The fourth-order valence-corrected chi connectivity index (χ4v) is 3.61. The summed E-state index contributed by atoms with van der Waals surface area (Å²) >= 11 is 1.61. The second-order valence-corrected chi connectivity index (χ2v) is 5.98. The number of imidazole rings is 1. The second-order valence-electron chi connectivity index (χ2n) is 5.14. The minimum atomic E-state index is 0.568. The highest BCUT2D eigenvalue weighted by Gasteiger charge is 2.18. The van der Waals surface area contributed by atoms with E-state index in [0.29, 0.717) is 6.54 Å². The molecule has 23 heavy (non-hydrogen) atoms. The van der Waals surface area contributed by atoms with Gasteiger partial charge in [0.25, 0.3) is 0 Å². The Bertz CT molecular complexity index is 928. The number of nitrogens with two attached hydrogens (primary N) is 1. The molecule has 4 aromatic rings. The van der Waals surface area contributed by atoms with Crippen LogP contribution in [-0.2, 0) is 6.42 Å². The summed E-state index contributed by atoms with van der Waals surface area (Å²) in [5, 5.41) is 2.09. The topological polar surface area (TPSA) is 69.1 Å². The number of rotatable bonds is 4. The lowest BCUT2D eigenvalue weighted by Gasteiger charge is -2.05. The van der Waals surface area contributed by atoms with Crippen molar-refractivity contribution in [3.8, 4) is 22.6 Å². The number of thiazole rings is 1. The molecule has 0 amide bonds. The number of hydrogen-bond donors (Lipinski definition) is 1. The maximum Gasteiger partial charge on any atom is 0.195 e. The Hall–Kier alpha value is -2.57. The molecule has 0 aliphatic heterocycles. The first-order valence-electron chi connectivity index (χ1n) is 7.39. The van der Waals surface area contributed by atoms with Crippen LogP contribution in [0.25, 0.3) is 27.6 Å². The van der Waals surface area contributed by atoms with Gasteiger partial charge in [-0.05, 0) is 30.8 Å². The summed E-state index contributed by atoms with van der Waals surface area (Å²) in [7, 11) is 0. The van der Waals surface area contributed by atoms with Crippen LogP contribution >= 0.6 is 11.3 Å². The summed E-state index contributed by atoms with van der Waals surface area (Å²) in [6.07, 6.45) is 6.17. The Morgan fingerprint density at radius 3 is 2.83 bits per heavy atom. The molecule has 114 valence electrons. The minimum Gasteiger partial charge on any atom is -0.330 e. The zero-order valence-corrected chi connectivity index (χ0v) is 13.2. The Balaban J connectivity index is 1.97. The monoisotopic (exact) mass is 321 g/mol. The van der Waals surface area contributed by atoms with Crippen molar-refractivity contribution in [2.45, 2.75) is 6.42 Å². The van der Waals surface area contributed by atoms with Crippen molar-refractivity contribution in [2.75, 3.05) is 6.54 Å². The van der Waals surface area contributed by atoms with Gasteiger partial charge in [0, 0.05) is 36.0 Å². The van der Waals surface area contributed by atoms with Crippen molar-refractivity contribution in [2.24, 2.45) is 5.73 Å². The van der Waals surface area contributed by atoms with Crippen LogP contribution in [0.15, 0.2) is 54.3 Å². The van der Waals surface area contributed by atoms with Crippen molar-refractivity contribution in [3.63, 3.8) is 0 Å². The third-order valence-electron chi connectivity index (χ3n) is 3.70. The van der Waals surface area contributed by atoms with Gasteiger partial charge in [0.1, 0.15) is 0 Å². The molecule has 0 fully saturated rings. The van der Waals surface area contributed by atoms with Crippen molar-refractivity contribution in [3.05, 3.63) is 60.0 Å². The van der Waals surface area contributed by atoms with Gasteiger partial charge in [0.2, 0.25) is 0 Å². The van der Waals surface area contributed by atoms with Gasteiger partial charge < -0.3 is 5.73 Å². The van der Waals surface area contributed by atoms with Gasteiger partial charge in [0.15, 0.2) is 4.96 Å². The molecular weight excluding hydrogens is 306 g/mol. The molecular formula is C17H15N5S. The molecule has 0 spiro atoms. The molecule has 4 rings (SSSR count). The molecule has 0 unspecified atom stereocenters. The van der Waals surface area contributed by atoms with E-state index in [1.807, 2.05) is 36.5 Å². The highest BCUT2D eigenvalue weighted by molar-refractivity contribution is 7.15. The molecule has 0 atom stereocenters. The normalized spacial score (nSPS) is 11.2. The summed E-state index contributed by atoms with van der Waals surface area (Å²) in [6.45, 7) is 0.568. The quantitative estimate of drug-likeness (QED) is 0.627. The highest BCUT2D eigenvalue weighted by Crippen LogP contribution is 2.32. The number of fused-ring (bicyclic) bond motifs is 1. The van der Waals surface area contributed by atoms with Crippen LogP contribution in [0.5, 0.6) is 0 Å². The Morgan fingerprint density at radius 2 is 2.09 bits per heavy atom. The van der Waals surface area contributed by atoms with Gasteiger partial charge in [-0.1, -0.05) is 6.07 Å². The van der Waals surface area contributed by atoms with E-state index < -0.39 is 0 Å². The molecule has 6 heteroatoms. The Labute approximate surface area is 137 Å². The third-order valence-corrected chi connectivity index (χ3v) is 4.53. The van der Waals surface area contributed by atoms with Crippen LogP contribution in [0.3, 0.4) is 0 Å². The van der Waals surface area contributed by atoms with E-state index in [2.05, 4.69) is 19.7 Å². The van der Waals surface area contributed by atoms with Crippen molar-refractivity contribution >= 4 is 16.3 Å². The van der Waals surface area contributed by atoms with Gasteiger partial charge in [-0.15, -0.1) is 11.3 Å². The zero-order chi connectivity index (χ0) is 15.6. The van der Waals surface area contributed by atoms with Crippen LogP contribution in [0.1, 0.15) is 5.69 Å². The van der Waals surface area contributed by atoms with E-state index in [1.165, 1.54) is 0 Å². The molecule has 0 aliphatic rings. The van der Waals surface area contributed by atoms with E-state index in [9.17, 15) is 0 Å². The third kappa shape index (κ3) is 2.42. The first-order chi connectivity index (χ1) is 11.4. The number of pyridine rings is 2. The van der Waals surface area contributed by atoms with Gasteiger partial charge in [-0.2, -0.15) is 0 Å². The van der Waals surface area contributed by atoms with Crippen LogP contribution in [0, 0.1) is 0 Å². The summed E-state index contributed by atoms with van der Waals surface area (Å²) in [5.74, 6) is 0. The maximum absolute atomic E-state index is 5.85. The van der Waals surface area contributed by atoms with Crippen molar-refractivity contribution in [1.82, 2.24) is 19.4 Å². The predicted molar refractivity (Wildman–Crippen MR) is 92.3 cm³/mol. The smallest absolute Gasteiger partial charge is 0.195 e. The zero-order valence-electron chi connectivity index (χ0n) is 12.4. The summed E-state index contributed by atoms with van der Waals surface area (Å²) < 4.78 is 2.17. The fraction of sp³-hybridized carbons (Fsp3) is 0.118. The van der Waals surface area contributed by atoms with E-state index in [0.717, 1.165) is 39.7 Å². The Morgan fingerprint density at radius 1 is 1.13 bits per heavy atom. The first kappa shape index (κ1) is 14.0. The second kappa shape index (κ2) is 5.91. The molecule has 0 saturated heterocycles. The summed E-state index contributed by atoms with van der Waals surface area (Å²) in [4.78, 5) is 14.4. The minimum absolute atomic E-state index is 0.568. The lowest BCUT2D eigenvalue weighted by Crippen LogP contribution is -2.06. The van der Waals surface area contributed by atoms with E-state index in [1.54, 1.807) is 23.7 Å². The Kier molecular flexibility index (Phi) is 3.61. The molecule has 2 N–H and O–H groups in total. The first-order valence-corrected chi connectivity index (χ1v) is 8.27. The van der Waals surface area contributed by atoms with E-state index in [4.69, 9.17) is 10.7 Å². The molecule has 0 aliphatic carbocycles. The predicted octanol–water partition coefficient (Wildman–Crippen LogP) is 3.02. The van der Waals surface area contributed by atoms with Gasteiger partial charge in [0.05, 0.1) is 22.8 Å². The molecule has 0 saturated carbocycles. The summed E-state index contributed by atoms with van der Waals surface area (Å²) in [5.41, 5.74) is 10.9. The SMILES string of the molecule is NCCc1c(-c2cccnc2)nc2scc(-c3ccccn3)n12. The molecule has 5 nitrogen and oxygen atoms in total. The molecule has 0 radical (unpaired) electrons. The average Bonchev–Trinajstić information content (AvgIpc) is 3.17. The molecule has 0 aromatic carbocycles. The number of hydrogen-bond acceptors (Lipinski definition) is 5. The van der Waals surface area contributed by atoms with Gasteiger partial charge in [-0.25, -0.2) is 4.98 Å². The lowest BCUT2D eigenvalue weighted by molar-refractivity contribution is 0.912. The van der Waals surface area contributed by atoms with E-state index >= 15 is 0 Å². The molecule has 4 aromatic heterocycles. The van der Waals surface area contributed by atoms with Crippen LogP contribution < -0.4 is 5.73 Å². The summed E-state index contributed by atoms with van der Waals surface area (Å²) in [6, 6.07) is 9.88. The standard InChI is InChI=1S/C17H15N5S/c18-7-6-14-16(12-4-3-8-19-10-12)21-17-22(14)15(11-23-17)13-5-1-2-9-20-13/h1-5,8-11H,6-7,18H2. The van der Waals surface area contributed by atoms with Crippen molar-refractivity contribution < 1.29 is 0 Å².